The molecule has 0 radical (unpaired) electrons. The van der Waals surface area contributed by atoms with Crippen molar-refractivity contribution in [2.24, 2.45) is 0 Å². The Balaban J connectivity index is 2.63. The molecule has 1 fully saturated rings. The lowest BCUT2D eigenvalue weighted by molar-refractivity contribution is -0.145. The van der Waals surface area contributed by atoms with Crippen LogP contribution >= 0.6 is 0 Å². The second kappa shape index (κ2) is 7.09. The van der Waals surface area contributed by atoms with Gasteiger partial charge in [0.05, 0.1) is 6.42 Å². The van der Waals surface area contributed by atoms with E-state index in [1.807, 2.05) is 19.0 Å². The number of hydrogen-bond donors (Lipinski definition) is 3. The highest BCUT2D eigenvalue weighted by molar-refractivity contribution is 5.86. The summed E-state index contributed by atoms with van der Waals surface area (Å²) in [7, 11) is 3.80. The molecule has 0 aliphatic carbocycles. The first-order valence-electron chi connectivity index (χ1n) is 6.47. The molecule has 0 saturated carbocycles. The molecule has 1 aliphatic heterocycles. The van der Waals surface area contributed by atoms with Crippen molar-refractivity contribution >= 4 is 18.0 Å². The number of carboxylic acid groups (broad SMARTS) is 2. The first kappa shape index (κ1) is 16.2. The van der Waals surface area contributed by atoms with Crippen LogP contribution in [-0.4, -0.2) is 77.3 Å². The smallest absolute Gasteiger partial charge is 0.326 e. The van der Waals surface area contributed by atoms with Crippen LogP contribution in [0.2, 0.25) is 0 Å². The van der Waals surface area contributed by atoms with E-state index in [1.165, 1.54) is 0 Å². The average molecular weight is 287 g/mol. The largest absolute Gasteiger partial charge is 0.481 e. The van der Waals surface area contributed by atoms with Gasteiger partial charge in [-0.1, -0.05) is 0 Å². The predicted octanol–water partition coefficient (Wildman–Crippen LogP) is -0.350. The van der Waals surface area contributed by atoms with Crippen LogP contribution in [0.1, 0.15) is 19.3 Å². The monoisotopic (exact) mass is 287 g/mol. The number of aliphatic carboxylic acids is 2. The minimum atomic E-state index is -1.40. The number of hydrogen-bond acceptors (Lipinski definition) is 4. The topological polar surface area (TPSA) is 110 Å². The summed E-state index contributed by atoms with van der Waals surface area (Å²) in [6.45, 7) is 1.26. The normalized spacial score (nSPS) is 19.9. The van der Waals surface area contributed by atoms with Gasteiger partial charge < -0.3 is 25.3 Å². The number of amides is 2. The highest BCUT2D eigenvalue weighted by atomic mass is 16.4. The number of nitrogens with zero attached hydrogens (tertiary/aromatic N) is 2. The van der Waals surface area contributed by atoms with Crippen LogP contribution in [-0.2, 0) is 9.59 Å². The quantitative estimate of drug-likeness (QED) is 0.616. The van der Waals surface area contributed by atoms with Crippen LogP contribution in [0.4, 0.5) is 4.79 Å². The van der Waals surface area contributed by atoms with Crippen molar-refractivity contribution in [1.29, 1.82) is 0 Å². The highest BCUT2D eigenvalue weighted by Gasteiger charge is 2.32. The fourth-order valence-electron chi connectivity index (χ4n) is 2.32. The molecule has 3 N–H and O–H groups in total. The van der Waals surface area contributed by atoms with Crippen molar-refractivity contribution in [3.05, 3.63) is 0 Å². The Bertz CT molecular complexity index is 385. The van der Waals surface area contributed by atoms with Crippen molar-refractivity contribution in [3.8, 4) is 0 Å². The van der Waals surface area contributed by atoms with Crippen LogP contribution in [0.25, 0.3) is 0 Å². The van der Waals surface area contributed by atoms with Crippen molar-refractivity contribution < 1.29 is 24.6 Å². The molecule has 0 spiro atoms. The highest BCUT2D eigenvalue weighted by Crippen LogP contribution is 2.18. The molecular formula is C12H21N3O5. The van der Waals surface area contributed by atoms with Gasteiger partial charge in [-0.25, -0.2) is 9.59 Å². The van der Waals surface area contributed by atoms with Crippen LogP contribution in [0.15, 0.2) is 0 Å². The third-order valence-corrected chi connectivity index (χ3v) is 3.19. The zero-order chi connectivity index (χ0) is 15.3. The molecule has 1 rings (SSSR count). The summed E-state index contributed by atoms with van der Waals surface area (Å²) in [6.07, 6.45) is 1.10. The van der Waals surface area contributed by atoms with Crippen molar-refractivity contribution in [3.63, 3.8) is 0 Å². The molecule has 114 valence electrons. The summed E-state index contributed by atoms with van der Waals surface area (Å²) in [6, 6.07) is -1.88. The molecule has 1 aliphatic rings. The third-order valence-electron chi connectivity index (χ3n) is 3.19. The van der Waals surface area contributed by atoms with Gasteiger partial charge in [0.2, 0.25) is 0 Å². The Morgan fingerprint density at radius 1 is 1.35 bits per heavy atom. The summed E-state index contributed by atoms with van der Waals surface area (Å²) >= 11 is 0. The lowest BCUT2D eigenvalue weighted by Crippen LogP contribution is -2.51. The van der Waals surface area contributed by atoms with E-state index in [0.717, 1.165) is 12.8 Å². The minimum Gasteiger partial charge on any atom is -0.481 e. The number of carbonyl (C=O) groups is 3. The van der Waals surface area contributed by atoms with E-state index < -0.39 is 30.4 Å². The lowest BCUT2D eigenvalue weighted by Gasteiger charge is -2.28. The summed E-state index contributed by atoms with van der Waals surface area (Å²) in [5.74, 6) is -2.60. The van der Waals surface area contributed by atoms with E-state index in [4.69, 9.17) is 10.2 Å². The number of urea groups is 1. The first-order valence-corrected chi connectivity index (χ1v) is 6.47. The molecule has 0 aromatic heterocycles. The van der Waals surface area contributed by atoms with E-state index in [-0.39, 0.29) is 6.04 Å². The maximum Gasteiger partial charge on any atom is 0.326 e. The molecule has 2 unspecified atom stereocenters. The maximum atomic E-state index is 12.1. The minimum absolute atomic E-state index is 0.0317. The van der Waals surface area contributed by atoms with Gasteiger partial charge in [0, 0.05) is 19.1 Å². The number of likely N-dealkylation sites (N-methyl/N-ethyl adjacent to an activating group) is 1. The Hall–Kier alpha value is -1.83. The number of nitrogens with one attached hydrogen (secondary N) is 1. The Labute approximate surface area is 117 Å². The fourth-order valence-corrected chi connectivity index (χ4v) is 2.32. The number of rotatable bonds is 6. The van der Waals surface area contributed by atoms with Gasteiger partial charge >= 0.3 is 18.0 Å². The van der Waals surface area contributed by atoms with Gasteiger partial charge in [0.1, 0.15) is 6.04 Å². The van der Waals surface area contributed by atoms with E-state index >= 15 is 0 Å². The molecule has 8 heteroatoms. The van der Waals surface area contributed by atoms with Gasteiger partial charge in [-0.2, -0.15) is 0 Å². The molecule has 8 nitrogen and oxygen atoms in total. The Kier molecular flexibility index (Phi) is 5.75. The van der Waals surface area contributed by atoms with Crippen LogP contribution < -0.4 is 5.32 Å². The van der Waals surface area contributed by atoms with E-state index in [9.17, 15) is 14.4 Å². The van der Waals surface area contributed by atoms with Crippen molar-refractivity contribution in [2.45, 2.75) is 31.3 Å². The van der Waals surface area contributed by atoms with Crippen LogP contribution in [0.5, 0.6) is 0 Å². The van der Waals surface area contributed by atoms with E-state index in [2.05, 4.69) is 5.32 Å². The zero-order valence-corrected chi connectivity index (χ0v) is 11.7. The average Bonchev–Trinajstić information content (AvgIpc) is 2.74. The van der Waals surface area contributed by atoms with Crippen LogP contribution in [0, 0.1) is 0 Å². The summed E-state index contributed by atoms with van der Waals surface area (Å²) in [5.41, 5.74) is 0. The summed E-state index contributed by atoms with van der Waals surface area (Å²) < 4.78 is 0. The maximum absolute atomic E-state index is 12.1. The summed E-state index contributed by atoms with van der Waals surface area (Å²) in [5, 5.41) is 19.8. The van der Waals surface area contributed by atoms with Gasteiger partial charge in [0.25, 0.3) is 0 Å². The predicted molar refractivity (Wildman–Crippen MR) is 70.5 cm³/mol. The molecule has 1 heterocycles. The molecule has 2 amide bonds. The Morgan fingerprint density at radius 2 is 2.00 bits per heavy atom. The van der Waals surface area contributed by atoms with Gasteiger partial charge in [-0.15, -0.1) is 0 Å². The number of likely N-dealkylation sites (tertiary alicyclic amines) is 1. The van der Waals surface area contributed by atoms with E-state index in [0.29, 0.717) is 13.1 Å². The molecule has 0 bridgehead atoms. The standard InChI is InChI=1S/C12H21N3O5/c1-14(2)7-8-4-3-5-15(8)12(20)13-9(11(18)19)6-10(16)17/h8-9H,3-7H2,1-2H3,(H,13,20)(H,16,17)(H,18,19). The van der Waals surface area contributed by atoms with Crippen molar-refractivity contribution in [2.75, 3.05) is 27.2 Å². The molecule has 20 heavy (non-hydrogen) atoms. The van der Waals surface area contributed by atoms with Gasteiger partial charge in [-0.05, 0) is 26.9 Å². The second-order valence-electron chi connectivity index (χ2n) is 5.19. The lowest BCUT2D eigenvalue weighted by atomic mass is 10.2. The fraction of sp³-hybridized carbons (Fsp3) is 0.750. The summed E-state index contributed by atoms with van der Waals surface area (Å²) in [4.78, 5) is 37.1. The zero-order valence-electron chi connectivity index (χ0n) is 11.7. The molecule has 0 aromatic rings. The third kappa shape index (κ3) is 4.69. The molecule has 0 aromatic carbocycles. The van der Waals surface area contributed by atoms with Crippen LogP contribution in [0.3, 0.4) is 0 Å². The first-order chi connectivity index (χ1) is 9.31. The Morgan fingerprint density at radius 3 is 2.50 bits per heavy atom. The molecule has 1 saturated heterocycles. The van der Waals surface area contributed by atoms with Crippen molar-refractivity contribution in [1.82, 2.24) is 15.1 Å². The number of carboxylic acids is 2. The molecule has 2 atom stereocenters. The number of carbonyl (C=O) groups excluding carboxylic acids is 1. The van der Waals surface area contributed by atoms with Gasteiger partial charge in [0.15, 0.2) is 0 Å². The SMILES string of the molecule is CN(C)CC1CCCN1C(=O)NC(CC(=O)O)C(=O)O. The second-order valence-corrected chi connectivity index (χ2v) is 5.19. The van der Waals surface area contributed by atoms with E-state index in [1.54, 1.807) is 4.90 Å². The van der Waals surface area contributed by atoms with Gasteiger partial charge in [-0.3, -0.25) is 4.79 Å². The molecular weight excluding hydrogens is 266 g/mol.